The Morgan fingerprint density at radius 3 is 2.64 bits per heavy atom. The molecule has 0 radical (unpaired) electrons. The number of nitrogens with zero attached hydrogens (tertiary/aromatic N) is 1. The van der Waals surface area contributed by atoms with Crippen LogP contribution in [0.4, 0.5) is 5.88 Å². The SMILES string of the molecule is Cc1ccc(OCC2(S(=O)(=O)Nc3onc(C)c3Br)C=CSC2)cc1. The van der Waals surface area contributed by atoms with E-state index in [1.54, 1.807) is 18.4 Å². The van der Waals surface area contributed by atoms with Gasteiger partial charge in [0, 0.05) is 5.75 Å². The van der Waals surface area contributed by atoms with Crippen molar-refractivity contribution in [3.05, 3.63) is 51.5 Å². The minimum atomic E-state index is -3.81. The van der Waals surface area contributed by atoms with Gasteiger partial charge < -0.3 is 9.26 Å². The van der Waals surface area contributed by atoms with Crippen molar-refractivity contribution in [2.45, 2.75) is 18.6 Å². The van der Waals surface area contributed by atoms with Gasteiger partial charge in [0.25, 0.3) is 5.88 Å². The molecule has 1 aromatic heterocycles. The highest BCUT2D eigenvalue weighted by atomic mass is 79.9. The first-order valence-electron chi connectivity index (χ1n) is 7.46. The molecule has 25 heavy (non-hydrogen) atoms. The van der Waals surface area contributed by atoms with E-state index in [0.717, 1.165) is 5.56 Å². The first-order valence-corrected chi connectivity index (χ1v) is 10.8. The number of rotatable bonds is 6. The van der Waals surface area contributed by atoms with Crippen LogP contribution in [0, 0.1) is 13.8 Å². The van der Waals surface area contributed by atoms with Crippen LogP contribution in [-0.2, 0) is 10.0 Å². The van der Waals surface area contributed by atoms with Crippen LogP contribution in [0.15, 0.2) is 44.7 Å². The third-order valence-electron chi connectivity index (χ3n) is 3.85. The summed E-state index contributed by atoms with van der Waals surface area (Å²) in [6, 6.07) is 7.49. The Hall–Kier alpha value is -1.45. The number of hydrogen-bond acceptors (Lipinski definition) is 6. The molecule has 2 aromatic rings. The third kappa shape index (κ3) is 3.73. The van der Waals surface area contributed by atoms with Crippen molar-refractivity contribution in [2.24, 2.45) is 0 Å². The van der Waals surface area contributed by atoms with Crippen molar-refractivity contribution in [3.8, 4) is 5.75 Å². The van der Waals surface area contributed by atoms with Gasteiger partial charge in [-0.05, 0) is 47.3 Å². The van der Waals surface area contributed by atoms with Gasteiger partial charge in [0.15, 0.2) is 4.75 Å². The number of benzene rings is 1. The van der Waals surface area contributed by atoms with Crippen LogP contribution >= 0.6 is 27.7 Å². The highest BCUT2D eigenvalue weighted by molar-refractivity contribution is 9.10. The molecule has 0 fully saturated rings. The highest BCUT2D eigenvalue weighted by Gasteiger charge is 2.46. The van der Waals surface area contributed by atoms with Gasteiger partial charge in [0.2, 0.25) is 10.0 Å². The molecular weight excluding hydrogens is 428 g/mol. The molecule has 0 saturated heterocycles. The molecule has 0 bridgehead atoms. The molecule has 0 spiro atoms. The topological polar surface area (TPSA) is 81.4 Å². The van der Waals surface area contributed by atoms with E-state index in [-0.39, 0.29) is 12.5 Å². The van der Waals surface area contributed by atoms with E-state index in [2.05, 4.69) is 25.8 Å². The summed E-state index contributed by atoms with van der Waals surface area (Å²) >= 11 is 4.70. The van der Waals surface area contributed by atoms with Gasteiger partial charge in [0.05, 0.1) is 5.69 Å². The zero-order valence-electron chi connectivity index (χ0n) is 13.7. The van der Waals surface area contributed by atoms with E-state index < -0.39 is 14.8 Å². The van der Waals surface area contributed by atoms with Crippen molar-refractivity contribution < 1.29 is 17.7 Å². The van der Waals surface area contributed by atoms with Gasteiger partial charge >= 0.3 is 0 Å². The molecule has 1 aliphatic heterocycles. The van der Waals surface area contributed by atoms with Gasteiger partial charge in [-0.1, -0.05) is 28.9 Å². The lowest BCUT2D eigenvalue weighted by Crippen LogP contribution is -2.46. The van der Waals surface area contributed by atoms with Crippen LogP contribution in [0.3, 0.4) is 0 Å². The molecule has 3 rings (SSSR count). The second-order valence-electron chi connectivity index (χ2n) is 5.80. The van der Waals surface area contributed by atoms with Crippen LogP contribution in [0.25, 0.3) is 0 Å². The zero-order chi connectivity index (χ0) is 18.1. The molecule has 6 nitrogen and oxygen atoms in total. The molecule has 1 N–H and O–H groups in total. The van der Waals surface area contributed by atoms with Crippen molar-refractivity contribution >= 4 is 43.6 Å². The molecule has 134 valence electrons. The zero-order valence-corrected chi connectivity index (χ0v) is 16.9. The molecular formula is C16H17BrN2O4S2. The van der Waals surface area contributed by atoms with Gasteiger partial charge in [0.1, 0.15) is 16.8 Å². The largest absolute Gasteiger partial charge is 0.491 e. The molecule has 0 amide bonds. The summed E-state index contributed by atoms with van der Waals surface area (Å²) in [7, 11) is -3.81. The third-order valence-corrected chi connectivity index (χ3v) is 7.90. The Morgan fingerprint density at radius 1 is 1.36 bits per heavy atom. The van der Waals surface area contributed by atoms with E-state index in [1.807, 2.05) is 31.2 Å². The summed E-state index contributed by atoms with van der Waals surface area (Å²) in [6.07, 6.45) is 1.66. The summed E-state index contributed by atoms with van der Waals surface area (Å²) in [5.41, 5.74) is 1.68. The fourth-order valence-corrected chi connectivity index (χ4v) is 5.48. The summed E-state index contributed by atoms with van der Waals surface area (Å²) < 4.78 is 38.6. The van der Waals surface area contributed by atoms with Crippen LogP contribution in [0.2, 0.25) is 0 Å². The van der Waals surface area contributed by atoms with Crippen LogP contribution < -0.4 is 9.46 Å². The molecule has 1 aromatic carbocycles. The quantitative estimate of drug-likeness (QED) is 0.727. The summed E-state index contributed by atoms with van der Waals surface area (Å²) in [4.78, 5) is 0. The smallest absolute Gasteiger partial charge is 0.252 e. The molecule has 1 aliphatic rings. The summed E-state index contributed by atoms with van der Waals surface area (Å²) in [5.74, 6) is 1.05. The molecule has 2 heterocycles. The lowest BCUT2D eigenvalue weighted by Gasteiger charge is -2.26. The van der Waals surface area contributed by atoms with E-state index in [4.69, 9.17) is 9.26 Å². The minimum Gasteiger partial charge on any atom is -0.491 e. The number of anilines is 1. The number of aromatic nitrogens is 1. The average molecular weight is 445 g/mol. The Bertz CT molecular complexity index is 893. The maximum Gasteiger partial charge on any atom is 0.252 e. The normalized spacial score (nSPS) is 20.0. The molecule has 0 aliphatic carbocycles. The maximum atomic E-state index is 13.0. The van der Waals surface area contributed by atoms with Crippen molar-refractivity contribution in [3.63, 3.8) is 0 Å². The molecule has 1 atom stereocenters. The van der Waals surface area contributed by atoms with Crippen LogP contribution in [0.5, 0.6) is 5.75 Å². The van der Waals surface area contributed by atoms with Gasteiger partial charge in [-0.2, -0.15) is 0 Å². The van der Waals surface area contributed by atoms with Gasteiger partial charge in [-0.3, -0.25) is 0 Å². The molecule has 9 heteroatoms. The Labute approximate surface area is 159 Å². The van der Waals surface area contributed by atoms with Gasteiger partial charge in [-0.25, -0.2) is 13.1 Å². The fourth-order valence-electron chi connectivity index (χ4n) is 2.23. The monoisotopic (exact) mass is 444 g/mol. The lowest BCUT2D eigenvalue weighted by molar-refractivity contribution is 0.295. The first kappa shape index (κ1) is 18.3. The first-order chi connectivity index (χ1) is 11.8. The highest BCUT2D eigenvalue weighted by Crippen LogP contribution is 2.36. The second kappa shape index (κ2) is 7.05. The number of hydrogen-bond donors (Lipinski definition) is 1. The molecule has 1 unspecified atom stereocenters. The maximum absolute atomic E-state index is 13.0. The van der Waals surface area contributed by atoms with Gasteiger partial charge in [-0.15, -0.1) is 11.8 Å². The predicted molar refractivity (Wildman–Crippen MR) is 102 cm³/mol. The number of halogens is 1. The van der Waals surface area contributed by atoms with Crippen molar-refractivity contribution in [1.82, 2.24) is 5.16 Å². The average Bonchev–Trinajstić information content (AvgIpc) is 3.18. The van der Waals surface area contributed by atoms with E-state index in [9.17, 15) is 8.42 Å². The standard InChI is InChI=1S/C16H17BrN2O4S2/c1-11-3-5-13(6-4-11)22-9-16(7-8-24-10-16)25(20,21)19-15-14(17)12(2)18-23-15/h3-8,19H,9-10H2,1-2H3. The van der Waals surface area contributed by atoms with Crippen LogP contribution in [-0.4, -0.2) is 30.7 Å². The fraction of sp³-hybridized carbons (Fsp3) is 0.312. The molecule has 0 saturated carbocycles. The number of aryl methyl sites for hydroxylation is 2. The van der Waals surface area contributed by atoms with E-state index in [1.165, 1.54) is 11.8 Å². The van der Waals surface area contributed by atoms with Crippen molar-refractivity contribution in [2.75, 3.05) is 17.1 Å². The van der Waals surface area contributed by atoms with E-state index in [0.29, 0.717) is 21.7 Å². The second-order valence-corrected chi connectivity index (χ2v) is 9.51. The number of thioether (sulfide) groups is 1. The lowest BCUT2D eigenvalue weighted by atomic mass is 10.2. The predicted octanol–water partition coefficient (Wildman–Crippen LogP) is 3.87. The Kier molecular flexibility index (Phi) is 5.17. The number of nitrogens with one attached hydrogen (secondary N) is 1. The summed E-state index contributed by atoms with van der Waals surface area (Å²) in [5, 5.41) is 5.52. The Balaban J connectivity index is 1.82. The Morgan fingerprint density at radius 2 is 2.08 bits per heavy atom. The van der Waals surface area contributed by atoms with Crippen molar-refractivity contribution in [1.29, 1.82) is 0 Å². The minimum absolute atomic E-state index is 0.000364. The number of ether oxygens (including phenoxy) is 1. The number of sulfonamides is 1. The van der Waals surface area contributed by atoms with Crippen LogP contribution in [0.1, 0.15) is 11.3 Å². The summed E-state index contributed by atoms with van der Waals surface area (Å²) in [6.45, 7) is 3.69. The van der Waals surface area contributed by atoms with E-state index >= 15 is 0 Å².